The fourth-order valence-corrected chi connectivity index (χ4v) is 4.30. The van der Waals surface area contributed by atoms with Crippen molar-refractivity contribution < 1.29 is 22.7 Å². The highest BCUT2D eigenvalue weighted by atomic mass is 19.4. The molecule has 0 atom stereocenters. The van der Waals surface area contributed by atoms with Crippen molar-refractivity contribution in [2.75, 3.05) is 20.3 Å². The lowest BCUT2D eigenvalue weighted by Crippen LogP contribution is -2.33. The van der Waals surface area contributed by atoms with Crippen molar-refractivity contribution in [3.8, 4) is 11.4 Å². The topological polar surface area (TPSA) is 97.7 Å². The second kappa shape index (κ2) is 9.73. The summed E-state index contributed by atoms with van der Waals surface area (Å²) in [7, 11) is 1.62. The molecule has 0 spiro atoms. The third-order valence-electron chi connectivity index (χ3n) is 6.20. The van der Waals surface area contributed by atoms with Crippen LogP contribution >= 0.6 is 0 Å². The number of fused-ring (bicyclic) bond motifs is 1. The minimum Gasteiger partial charge on any atom is -0.383 e. The summed E-state index contributed by atoms with van der Waals surface area (Å²) in [6, 6.07) is 10.3. The Morgan fingerprint density at radius 2 is 1.97 bits per heavy atom. The number of hydrogen-bond acceptors (Lipinski definition) is 5. The molecule has 4 aromatic rings. The van der Waals surface area contributed by atoms with Crippen LogP contribution in [-0.2, 0) is 17.7 Å². The fraction of sp³-hybridized carbons (Fsp3) is 0.360. The standard InChI is InChI=1S/C25H25F3N6O2/c1-36-11-10-34-21(12-18-8-9-20-19(13-30-32-20)22(18)15-2-3-15)31-23(33-34)16-4-6-17(7-5-16)24(35)29-14-25(26,27)28/h4-9,13,15H,2-3,10-12,14H2,1H3,(H,29,35)(H,30,32). The number of hydrogen-bond donors (Lipinski definition) is 2. The zero-order chi connectivity index (χ0) is 25.3. The number of aromatic nitrogens is 5. The highest BCUT2D eigenvalue weighted by Crippen LogP contribution is 2.45. The van der Waals surface area contributed by atoms with Gasteiger partial charge in [-0.25, -0.2) is 9.67 Å². The summed E-state index contributed by atoms with van der Waals surface area (Å²) in [6.07, 6.45) is 0.303. The van der Waals surface area contributed by atoms with Gasteiger partial charge in [0.1, 0.15) is 12.4 Å². The summed E-state index contributed by atoms with van der Waals surface area (Å²) in [5.41, 5.74) is 4.29. The van der Waals surface area contributed by atoms with Crippen molar-refractivity contribution >= 4 is 16.8 Å². The van der Waals surface area contributed by atoms with Crippen LogP contribution < -0.4 is 5.32 Å². The maximum Gasteiger partial charge on any atom is 0.405 e. The summed E-state index contributed by atoms with van der Waals surface area (Å²) in [6.45, 7) is -0.399. The Morgan fingerprint density at radius 3 is 2.67 bits per heavy atom. The Balaban J connectivity index is 1.41. The van der Waals surface area contributed by atoms with Crippen molar-refractivity contribution in [3.05, 3.63) is 65.1 Å². The summed E-state index contributed by atoms with van der Waals surface area (Å²) in [5, 5.41) is 14.9. The number of nitrogens with zero attached hydrogens (tertiary/aromatic N) is 4. The van der Waals surface area contributed by atoms with Crippen molar-refractivity contribution in [2.45, 2.75) is 37.9 Å². The van der Waals surface area contributed by atoms with Crippen LogP contribution in [0.5, 0.6) is 0 Å². The van der Waals surface area contributed by atoms with Gasteiger partial charge >= 0.3 is 6.18 Å². The molecule has 1 aliphatic rings. The van der Waals surface area contributed by atoms with Gasteiger partial charge in [-0.15, -0.1) is 0 Å². The first-order valence-corrected chi connectivity index (χ1v) is 11.7. The molecule has 36 heavy (non-hydrogen) atoms. The number of halogens is 3. The molecule has 1 amide bonds. The van der Waals surface area contributed by atoms with E-state index in [0.717, 1.165) is 29.6 Å². The van der Waals surface area contributed by atoms with E-state index in [2.05, 4.69) is 21.4 Å². The lowest BCUT2D eigenvalue weighted by atomic mass is 9.96. The van der Waals surface area contributed by atoms with Gasteiger partial charge in [0.15, 0.2) is 5.82 Å². The minimum absolute atomic E-state index is 0.129. The van der Waals surface area contributed by atoms with Crippen molar-refractivity contribution in [1.82, 2.24) is 30.3 Å². The molecule has 2 aromatic carbocycles. The monoisotopic (exact) mass is 498 g/mol. The Bertz CT molecular complexity index is 1370. The second-order valence-corrected chi connectivity index (χ2v) is 8.86. The molecule has 2 heterocycles. The zero-order valence-corrected chi connectivity index (χ0v) is 19.6. The highest BCUT2D eigenvalue weighted by Gasteiger charge is 2.29. The van der Waals surface area contributed by atoms with Crippen molar-refractivity contribution in [1.29, 1.82) is 0 Å². The molecule has 5 rings (SSSR count). The Labute approximate surface area is 204 Å². The molecule has 0 unspecified atom stereocenters. The number of carbonyl (C=O) groups is 1. The molecule has 0 saturated heterocycles. The normalized spacial score (nSPS) is 13.9. The quantitative estimate of drug-likeness (QED) is 0.360. The van der Waals surface area contributed by atoms with E-state index in [1.807, 2.05) is 22.3 Å². The molecule has 0 radical (unpaired) electrons. The molecule has 1 fully saturated rings. The number of methoxy groups -OCH3 is 1. The predicted molar refractivity (Wildman–Crippen MR) is 127 cm³/mol. The Morgan fingerprint density at radius 1 is 1.19 bits per heavy atom. The van der Waals surface area contributed by atoms with E-state index < -0.39 is 18.6 Å². The fourth-order valence-electron chi connectivity index (χ4n) is 4.30. The molecule has 11 heteroatoms. The largest absolute Gasteiger partial charge is 0.405 e. The van der Waals surface area contributed by atoms with Crippen LogP contribution in [0, 0.1) is 0 Å². The van der Waals surface area contributed by atoms with E-state index in [1.165, 1.54) is 23.3 Å². The summed E-state index contributed by atoms with van der Waals surface area (Å²) < 4.78 is 44.2. The summed E-state index contributed by atoms with van der Waals surface area (Å²) in [4.78, 5) is 16.8. The maximum atomic E-state index is 12.4. The first kappa shape index (κ1) is 24.0. The summed E-state index contributed by atoms with van der Waals surface area (Å²) in [5.74, 6) is 0.979. The molecule has 2 N–H and O–H groups in total. The van der Waals surface area contributed by atoms with Gasteiger partial charge in [0, 0.05) is 30.0 Å². The van der Waals surface area contributed by atoms with Gasteiger partial charge in [-0.05, 0) is 48.1 Å². The number of benzene rings is 2. The lowest BCUT2D eigenvalue weighted by Gasteiger charge is -2.11. The number of carbonyl (C=O) groups excluding carboxylic acids is 1. The molecular weight excluding hydrogens is 473 g/mol. The van der Waals surface area contributed by atoms with Crippen LogP contribution in [0.1, 0.15) is 46.1 Å². The number of alkyl halides is 3. The average Bonchev–Trinajstić information content (AvgIpc) is 3.44. The lowest BCUT2D eigenvalue weighted by molar-refractivity contribution is -0.123. The third kappa shape index (κ3) is 5.25. The summed E-state index contributed by atoms with van der Waals surface area (Å²) >= 11 is 0. The smallest absolute Gasteiger partial charge is 0.383 e. The van der Waals surface area contributed by atoms with Crippen molar-refractivity contribution in [3.63, 3.8) is 0 Å². The molecular formula is C25H25F3N6O2. The van der Waals surface area contributed by atoms with Crippen LogP contribution in [0.4, 0.5) is 13.2 Å². The molecule has 1 aliphatic carbocycles. The van der Waals surface area contributed by atoms with Crippen LogP contribution in [0.3, 0.4) is 0 Å². The van der Waals surface area contributed by atoms with E-state index in [1.54, 1.807) is 19.2 Å². The van der Waals surface area contributed by atoms with Gasteiger partial charge in [-0.2, -0.15) is 23.4 Å². The van der Waals surface area contributed by atoms with Crippen LogP contribution in [0.15, 0.2) is 42.6 Å². The number of amides is 1. The molecule has 1 saturated carbocycles. The molecule has 0 bridgehead atoms. The molecule has 188 valence electrons. The average molecular weight is 499 g/mol. The maximum absolute atomic E-state index is 12.4. The Kier molecular flexibility index (Phi) is 6.48. The zero-order valence-electron chi connectivity index (χ0n) is 19.6. The van der Waals surface area contributed by atoms with E-state index in [-0.39, 0.29) is 5.56 Å². The number of nitrogens with one attached hydrogen (secondary N) is 2. The second-order valence-electron chi connectivity index (χ2n) is 8.86. The van der Waals surface area contributed by atoms with E-state index in [4.69, 9.17) is 9.72 Å². The van der Waals surface area contributed by atoms with Gasteiger partial charge in [0.2, 0.25) is 0 Å². The Hall–Kier alpha value is -3.73. The SMILES string of the molecule is COCCn1nc(-c2ccc(C(=O)NCC(F)(F)F)cc2)nc1Cc1ccc2[nH]ncc2c1C1CC1. The van der Waals surface area contributed by atoms with Gasteiger partial charge in [-0.3, -0.25) is 9.89 Å². The first-order chi connectivity index (χ1) is 17.3. The predicted octanol–water partition coefficient (Wildman–Crippen LogP) is 4.23. The van der Waals surface area contributed by atoms with E-state index in [0.29, 0.717) is 36.9 Å². The van der Waals surface area contributed by atoms with Crippen LogP contribution in [0.25, 0.3) is 22.3 Å². The third-order valence-corrected chi connectivity index (χ3v) is 6.20. The van der Waals surface area contributed by atoms with Crippen LogP contribution in [0.2, 0.25) is 0 Å². The molecule has 8 nitrogen and oxygen atoms in total. The number of rotatable bonds is 9. The minimum atomic E-state index is -4.47. The van der Waals surface area contributed by atoms with Gasteiger partial charge in [0.25, 0.3) is 5.91 Å². The van der Waals surface area contributed by atoms with Gasteiger partial charge in [-0.1, -0.05) is 18.2 Å². The number of H-pyrrole nitrogens is 1. The number of aromatic amines is 1. The number of ether oxygens (including phenoxy) is 1. The van der Waals surface area contributed by atoms with Crippen molar-refractivity contribution in [2.24, 2.45) is 0 Å². The van der Waals surface area contributed by atoms with E-state index in [9.17, 15) is 18.0 Å². The first-order valence-electron chi connectivity index (χ1n) is 11.7. The molecule has 2 aromatic heterocycles. The molecule has 0 aliphatic heterocycles. The highest BCUT2D eigenvalue weighted by molar-refractivity contribution is 5.94. The van der Waals surface area contributed by atoms with E-state index >= 15 is 0 Å². The van der Waals surface area contributed by atoms with Gasteiger partial charge < -0.3 is 10.1 Å². The van der Waals surface area contributed by atoms with Gasteiger partial charge in [0.05, 0.1) is 24.9 Å². The van der Waals surface area contributed by atoms with Crippen LogP contribution in [-0.4, -0.2) is 57.3 Å².